The van der Waals surface area contributed by atoms with Gasteiger partial charge in [-0.3, -0.25) is 19.5 Å². The topological polar surface area (TPSA) is 141 Å². The van der Waals surface area contributed by atoms with Crippen molar-refractivity contribution in [2.24, 2.45) is 4.99 Å². The van der Waals surface area contributed by atoms with E-state index in [0.717, 1.165) is 9.13 Å². The summed E-state index contributed by atoms with van der Waals surface area (Å²) in [5.74, 6) is 1.25. The number of nitrogens with zero attached hydrogens (tertiary/aromatic N) is 3. The molecule has 2 heterocycles. The zero-order chi connectivity index (χ0) is 36.9. The lowest BCUT2D eigenvalue weighted by atomic mass is 9.93. The van der Waals surface area contributed by atoms with E-state index in [1.807, 2.05) is 36.4 Å². The van der Waals surface area contributed by atoms with Crippen molar-refractivity contribution in [3.8, 4) is 23.0 Å². The molecule has 0 spiro atoms. The summed E-state index contributed by atoms with van der Waals surface area (Å²) < 4.78 is 31.0. The minimum absolute atomic E-state index is 0.00556. The molecule has 12 nitrogen and oxygen atoms in total. The molecule has 0 radical (unpaired) electrons. The molecule has 5 aromatic rings. The van der Waals surface area contributed by atoms with Crippen molar-refractivity contribution in [3.63, 3.8) is 0 Å². The fourth-order valence-electron chi connectivity index (χ4n) is 5.76. The molecule has 0 fully saturated rings. The van der Waals surface area contributed by atoms with Crippen molar-refractivity contribution in [1.29, 1.82) is 0 Å². The van der Waals surface area contributed by atoms with Gasteiger partial charge in [-0.25, -0.2) is 9.79 Å². The molecular formula is C38H32IN3O9S. The zero-order valence-corrected chi connectivity index (χ0v) is 31.4. The maximum Gasteiger partial charge on any atom is 0.338 e. The number of nitro benzene ring substituents is 1. The summed E-state index contributed by atoms with van der Waals surface area (Å²) in [4.78, 5) is 44.1. The Morgan fingerprint density at radius 1 is 0.962 bits per heavy atom. The van der Waals surface area contributed by atoms with Crippen molar-refractivity contribution in [1.82, 2.24) is 4.57 Å². The fraction of sp³-hybridized carbons (Fsp3) is 0.184. The predicted octanol–water partition coefficient (Wildman–Crippen LogP) is 6.05. The average molecular weight is 834 g/mol. The first kappa shape index (κ1) is 36.3. The minimum Gasteiger partial charge on any atom is -0.493 e. The number of non-ortho nitro benzene ring substituents is 1. The largest absolute Gasteiger partial charge is 0.493 e. The molecular weight excluding hydrogens is 801 g/mol. The highest BCUT2D eigenvalue weighted by molar-refractivity contribution is 14.1. The molecule has 6 rings (SSSR count). The van der Waals surface area contributed by atoms with Crippen LogP contribution in [0.15, 0.2) is 100 Å². The van der Waals surface area contributed by atoms with Crippen LogP contribution < -0.4 is 33.8 Å². The lowest BCUT2D eigenvalue weighted by Gasteiger charge is -2.26. The van der Waals surface area contributed by atoms with Gasteiger partial charge in [-0.2, -0.15) is 0 Å². The Balaban J connectivity index is 1.48. The number of carbonyl (C=O) groups is 1. The number of fused-ring (bicyclic) bond motifs is 1. The molecule has 0 amide bonds. The molecule has 14 heteroatoms. The number of benzene rings is 4. The molecule has 1 atom stereocenters. The van der Waals surface area contributed by atoms with E-state index in [9.17, 15) is 19.7 Å². The van der Waals surface area contributed by atoms with Gasteiger partial charge < -0.3 is 23.7 Å². The smallest absolute Gasteiger partial charge is 0.338 e. The first-order valence-electron chi connectivity index (χ1n) is 15.9. The number of hydrogen-bond donors (Lipinski definition) is 0. The maximum atomic E-state index is 14.4. The lowest BCUT2D eigenvalue weighted by molar-refractivity contribution is -0.384. The number of rotatable bonds is 12. The Kier molecular flexibility index (Phi) is 11.0. The van der Waals surface area contributed by atoms with Crippen LogP contribution in [0.2, 0.25) is 0 Å². The van der Waals surface area contributed by atoms with Crippen LogP contribution in [-0.4, -0.2) is 43.4 Å². The first-order chi connectivity index (χ1) is 25.2. The van der Waals surface area contributed by atoms with E-state index >= 15 is 0 Å². The highest BCUT2D eigenvalue weighted by Crippen LogP contribution is 2.39. The maximum absolute atomic E-state index is 14.4. The van der Waals surface area contributed by atoms with Gasteiger partial charge in [0.15, 0.2) is 27.8 Å². The van der Waals surface area contributed by atoms with Crippen LogP contribution in [0.5, 0.6) is 23.0 Å². The van der Waals surface area contributed by atoms with Crippen LogP contribution in [0.25, 0.3) is 11.8 Å². The molecule has 52 heavy (non-hydrogen) atoms. The molecule has 0 saturated carbocycles. The molecule has 1 aliphatic heterocycles. The van der Waals surface area contributed by atoms with Crippen molar-refractivity contribution < 1.29 is 33.4 Å². The van der Waals surface area contributed by atoms with Crippen LogP contribution >= 0.6 is 33.9 Å². The summed E-state index contributed by atoms with van der Waals surface area (Å²) in [5, 5.41) is 11.0. The summed E-state index contributed by atoms with van der Waals surface area (Å²) in [5.41, 5.74) is 2.96. The van der Waals surface area contributed by atoms with E-state index in [-0.39, 0.29) is 30.0 Å². The van der Waals surface area contributed by atoms with Gasteiger partial charge in [0.2, 0.25) is 0 Å². The number of methoxy groups -OCH3 is 3. The number of carbonyl (C=O) groups excluding carboxylic acids is 1. The van der Waals surface area contributed by atoms with Crippen LogP contribution in [0.1, 0.15) is 35.2 Å². The van der Waals surface area contributed by atoms with Gasteiger partial charge in [0.05, 0.1) is 58.3 Å². The number of nitro groups is 1. The Hall–Kier alpha value is -5.48. The molecule has 0 bridgehead atoms. The quantitative estimate of drug-likeness (QED) is 0.0636. The molecule has 0 aliphatic carbocycles. The van der Waals surface area contributed by atoms with Crippen LogP contribution in [0.4, 0.5) is 5.69 Å². The normalized spacial score (nSPS) is 13.9. The monoisotopic (exact) mass is 833 g/mol. The van der Waals surface area contributed by atoms with E-state index in [1.54, 1.807) is 49.4 Å². The Morgan fingerprint density at radius 3 is 2.33 bits per heavy atom. The van der Waals surface area contributed by atoms with Crippen molar-refractivity contribution in [3.05, 3.63) is 146 Å². The SMILES string of the molecule is CCOC(=O)C1=C(c2ccccc2)N=c2s/c(=C\c3cc(I)c(OCc4ccc([N+](=O)[O-])cc4)c(OC)c3)c(=O)n2[C@@H]1c1ccc(OC)c(OC)c1. The minimum atomic E-state index is -0.905. The summed E-state index contributed by atoms with van der Waals surface area (Å²) in [6, 6.07) is 23.4. The second-order valence-corrected chi connectivity index (χ2v) is 13.5. The van der Waals surface area contributed by atoms with Crippen molar-refractivity contribution >= 4 is 57.4 Å². The highest BCUT2D eigenvalue weighted by Gasteiger charge is 2.35. The molecule has 4 aromatic carbocycles. The number of halogens is 1. The third kappa shape index (κ3) is 7.29. The number of aromatic nitrogens is 1. The highest BCUT2D eigenvalue weighted by atomic mass is 127. The van der Waals surface area contributed by atoms with Crippen molar-refractivity contribution in [2.45, 2.75) is 19.6 Å². The molecule has 0 saturated heterocycles. The van der Waals surface area contributed by atoms with Gasteiger partial charge in [-0.15, -0.1) is 0 Å². The van der Waals surface area contributed by atoms with Gasteiger partial charge in [0, 0.05) is 17.7 Å². The van der Waals surface area contributed by atoms with Gasteiger partial charge in [0.25, 0.3) is 11.2 Å². The van der Waals surface area contributed by atoms with Crippen molar-refractivity contribution in [2.75, 3.05) is 27.9 Å². The van der Waals surface area contributed by atoms with Crippen LogP contribution in [-0.2, 0) is 16.1 Å². The third-order valence-electron chi connectivity index (χ3n) is 8.18. The van der Waals surface area contributed by atoms with Crippen LogP contribution in [0, 0.1) is 13.7 Å². The molecule has 266 valence electrons. The average Bonchev–Trinajstić information content (AvgIpc) is 3.47. The molecule has 1 aliphatic rings. The van der Waals surface area contributed by atoms with Gasteiger partial charge >= 0.3 is 5.97 Å². The lowest BCUT2D eigenvalue weighted by Crippen LogP contribution is -2.40. The Bertz CT molecular complexity index is 2370. The van der Waals surface area contributed by atoms with E-state index in [0.29, 0.717) is 54.7 Å². The van der Waals surface area contributed by atoms with Gasteiger partial charge in [-0.1, -0.05) is 47.7 Å². The summed E-state index contributed by atoms with van der Waals surface area (Å²) in [7, 11) is 4.57. The summed E-state index contributed by atoms with van der Waals surface area (Å²) >= 11 is 3.33. The van der Waals surface area contributed by atoms with E-state index in [4.69, 9.17) is 28.7 Å². The standard InChI is InChI=1S/C38H32IN3O9S/c1-5-50-37(44)32-33(24-9-7-6-8-10-24)40-38-41(34(32)25-13-16-28(47-2)29(20-25)48-3)36(43)31(52-38)19-23-17-27(39)35(30(18-23)49-4)51-21-22-11-14-26(15-12-22)42(45)46/h6-20,34H,5,21H2,1-4H3/b31-19-/t34-/m1/s1. The molecule has 1 aromatic heterocycles. The molecule has 0 N–H and O–H groups in total. The number of esters is 1. The first-order valence-corrected chi connectivity index (χ1v) is 17.8. The third-order valence-corrected chi connectivity index (χ3v) is 9.96. The number of thiazole rings is 1. The van der Waals surface area contributed by atoms with Gasteiger partial charge in [-0.05, 0) is 88.7 Å². The zero-order valence-electron chi connectivity index (χ0n) is 28.5. The van der Waals surface area contributed by atoms with Gasteiger partial charge in [0.1, 0.15) is 6.61 Å². The number of ether oxygens (including phenoxy) is 5. The molecule has 0 unspecified atom stereocenters. The Morgan fingerprint density at radius 2 is 1.67 bits per heavy atom. The van der Waals surface area contributed by atoms with E-state index < -0.39 is 16.9 Å². The van der Waals surface area contributed by atoms with Crippen LogP contribution in [0.3, 0.4) is 0 Å². The van der Waals surface area contributed by atoms with E-state index in [1.165, 1.54) is 49.4 Å². The second kappa shape index (κ2) is 15.8. The predicted molar refractivity (Wildman–Crippen MR) is 204 cm³/mol. The summed E-state index contributed by atoms with van der Waals surface area (Å²) in [6.45, 7) is 2.01. The summed E-state index contributed by atoms with van der Waals surface area (Å²) in [6.07, 6.45) is 1.75. The Labute approximate surface area is 315 Å². The second-order valence-electron chi connectivity index (χ2n) is 11.3. The number of hydrogen-bond acceptors (Lipinski definition) is 11. The fourth-order valence-corrected chi connectivity index (χ4v) is 7.54. The van der Waals surface area contributed by atoms with E-state index in [2.05, 4.69) is 22.6 Å².